The predicted octanol–water partition coefficient (Wildman–Crippen LogP) is 2.78. The number of nitrogens with zero attached hydrogens (tertiary/aromatic N) is 1. The van der Waals surface area contributed by atoms with Crippen LogP contribution in [0.1, 0.15) is 31.7 Å². The molecule has 3 nitrogen and oxygen atoms in total. The fourth-order valence-corrected chi connectivity index (χ4v) is 2.08. The quantitative estimate of drug-likeness (QED) is 0.850. The number of aromatic nitrogens is 1. The van der Waals surface area contributed by atoms with Gasteiger partial charge < -0.3 is 5.32 Å². The van der Waals surface area contributed by atoms with Crippen LogP contribution in [0.4, 0.5) is 0 Å². The van der Waals surface area contributed by atoms with Gasteiger partial charge in [-0.3, -0.25) is 4.79 Å². The van der Waals surface area contributed by atoms with Crippen LogP contribution in [0, 0.1) is 5.92 Å². The van der Waals surface area contributed by atoms with E-state index in [-0.39, 0.29) is 16.7 Å². The molecule has 1 amide bonds. The molecule has 5 heteroatoms. The van der Waals surface area contributed by atoms with Crippen molar-refractivity contribution in [3.05, 3.63) is 16.6 Å². The molecule has 0 aliphatic heterocycles. The molecule has 16 heavy (non-hydrogen) atoms. The van der Waals surface area contributed by atoms with Crippen LogP contribution in [0.2, 0.25) is 0 Å². The zero-order chi connectivity index (χ0) is 12.1. The third kappa shape index (κ3) is 3.87. The summed E-state index contributed by atoms with van der Waals surface area (Å²) in [5.41, 5.74) is 0. The zero-order valence-corrected chi connectivity index (χ0v) is 12.1. The van der Waals surface area contributed by atoms with Crippen molar-refractivity contribution >= 4 is 33.2 Å². The van der Waals surface area contributed by atoms with E-state index < -0.39 is 0 Å². The van der Waals surface area contributed by atoms with E-state index in [4.69, 9.17) is 0 Å². The van der Waals surface area contributed by atoms with Crippen molar-refractivity contribution in [1.82, 2.24) is 10.3 Å². The largest absolute Gasteiger partial charge is 0.354 e. The summed E-state index contributed by atoms with van der Waals surface area (Å²) in [7, 11) is 0. The molecule has 0 fully saturated rings. The van der Waals surface area contributed by atoms with Crippen LogP contribution in [-0.2, 0) is 4.79 Å². The molecule has 1 heterocycles. The summed E-state index contributed by atoms with van der Waals surface area (Å²) in [6, 6.07) is 0. The van der Waals surface area contributed by atoms with Crippen molar-refractivity contribution in [2.24, 2.45) is 5.92 Å². The van der Waals surface area contributed by atoms with Crippen LogP contribution < -0.4 is 5.32 Å². The highest BCUT2D eigenvalue weighted by molar-refractivity contribution is 9.10. The Labute approximate surface area is 109 Å². The van der Waals surface area contributed by atoms with Crippen molar-refractivity contribution in [2.45, 2.75) is 31.5 Å². The van der Waals surface area contributed by atoms with Gasteiger partial charge in [0.2, 0.25) is 5.91 Å². The average molecular weight is 305 g/mol. The third-order valence-corrected chi connectivity index (χ3v) is 4.77. The van der Waals surface area contributed by atoms with Crippen molar-refractivity contribution in [2.75, 3.05) is 6.54 Å². The molecule has 0 saturated carbocycles. The number of alkyl halides is 1. The monoisotopic (exact) mass is 304 g/mol. The van der Waals surface area contributed by atoms with E-state index in [9.17, 15) is 4.79 Å². The van der Waals surface area contributed by atoms with Gasteiger partial charge in [0.05, 0.1) is 9.83 Å². The van der Waals surface area contributed by atoms with Gasteiger partial charge >= 0.3 is 0 Å². The first-order chi connectivity index (χ1) is 7.52. The first kappa shape index (κ1) is 13.6. The lowest BCUT2D eigenvalue weighted by Crippen LogP contribution is -2.36. The molecule has 0 bridgehead atoms. The zero-order valence-electron chi connectivity index (χ0n) is 9.74. The smallest absolute Gasteiger partial charge is 0.234 e. The van der Waals surface area contributed by atoms with Gasteiger partial charge in [-0.05, 0) is 5.92 Å². The van der Waals surface area contributed by atoms with Crippen molar-refractivity contribution < 1.29 is 4.79 Å². The Bertz CT molecular complexity index is 327. The second-order valence-corrected chi connectivity index (χ2v) is 6.07. The van der Waals surface area contributed by atoms with Crippen LogP contribution in [0.5, 0.6) is 0 Å². The molecular weight excluding hydrogens is 288 g/mol. The van der Waals surface area contributed by atoms with E-state index in [2.05, 4.69) is 33.2 Å². The molecule has 2 unspecified atom stereocenters. The summed E-state index contributed by atoms with van der Waals surface area (Å²) in [5, 5.41) is 5.95. The Kier molecular flexibility index (Phi) is 5.41. The molecule has 0 saturated heterocycles. The summed E-state index contributed by atoms with van der Waals surface area (Å²) < 4.78 is 0. The van der Waals surface area contributed by atoms with Gasteiger partial charge in [0.1, 0.15) is 0 Å². The lowest BCUT2D eigenvalue weighted by atomic mass is 10.1. The molecule has 1 N–H and O–H groups in total. The first-order valence-corrected chi connectivity index (χ1v) is 7.13. The van der Waals surface area contributed by atoms with E-state index in [1.54, 1.807) is 17.5 Å². The summed E-state index contributed by atoms with van der Waals surface area (Å²) in [6.07, 6.45) is 1.79. The second-order valence-electron chi connectivity index (χ2n) is 4.16. The van der Waals surface area contributed by atoms with Crippen molar-refractivity contribution in [1.29, 1.82) is 0 Å². The maximum Gasteiger partial charge on any atom is 0.234 e. The molecular formula is C11H17BrN2OS. The topological polar surface area (TPSA) is 42.0 Å². The van der Waals surface area contributed by atoms with E-state index in [1.807, 2.05) is 19.2 Å². The van der Waals surface area contributed by atoms with Gasteiger partial charge in [-0.2, -0.15) is 0 Å². The number of halogens is 1. The Morgan fingerprint density at radius 3 is 2.75 bits per heavy atom. The molecule has 1 aromatic heterocycles. The molecule has 0 radical (unpaired) electrons. The van der Waals surface area contributed by atoms with Crippen LogP contribution >= 0.6 is 27.3 Å². The fourth-order valence-electron chi connectivity index (χ4n) is 1.22. The van der Waals surface area contributed by atoms with Crippen LogP contribution in [0.15, 0.2) is 11.6 Å². The lowest BCUT2D eigenvalue weighted by Gasteiger charge is -2.15. The Morgan fingerprint density at radius 1 is 1.56 bits per heavy atom. The number of amides is 1. The van der Waals surface area contributed by atoms with Crippen molar-refractivity contribution in [3.8, 4) is 0 Å². The van der Waals surface area contributed by atoms with Gasteiger partial charge in [-0.15, -0.1) is 11.3 Å². The number of carbonyl (C=O) groups excluding carboxylic acids is 1. The standard InChI is InChI=1S/C11H17BrN2OS/c1-7(2)9(12)10(15)14-6-8(3)11-13-4-5-16-11/h4-5,7-9H,6H2,1-3H3,(H,14,15). The van der Waals surface area contributed by atoms with Gasteiger partial charge in [0.25, 0.3) is 0 Å². The molecule has 0 aromatic carbocycles. The average Bonchev–Trinajstić information content (AvgIpc) is 2.77. The number of nitrogens with one attached hydrogen (secondary N) is 1. The van der Waals surface area contributed by atoms with E-state index in [0.717, 1.165) is 5.01 Å². The van der Waals surface area contributed by atoms with E-state index in [1.165, 1.54) is 0 Å². The first-order valence-electron chi connectivity index (χ1n) is 5.33. The van der Waals surface area contributed by atoms with Crippen LogP contribution in [0.3, 0.4) is 0 Å². The second kappa shape index (κ2) is 6.35. The lowest BCUT2D eigenvalue weighted by molar-refractivity contribution is -0.121. The summed E-state index contributed by atoms with van der Waals surface area (Å²) in [5.74, 6) is 0.629. The number of hydrogen-bond donors (Lipinski definition) is 1. The van der Waals surface area contributed by atoms with Gasteiger partial charge in [-0.1, -0.05) is 36.7 Å². The van der Waals surface area contributed by atoms with Crippen LogP contribution in [0.25, 0.3) is 0 Å². The van der Waals surface area contributed by atoms with E-state index >= 15 is 0 Å². The third-order valence-electron chi connectivity index (χ3n) is 2.29. The fraction of sp³-hybridized carbons (Fsp3) is 0.636. The maximum absolute atomic E-state index is 11.7. The summed E-state index contributed by atoms with van der Waals surface area (Å²) >= 11 is 5.00. The molecule has 0 aliphatic rings. The number of rotatable bonds is 5. The SMILES string of the molecule is CC(CNC(=O)C(Br)C(C)C)c1nccs1. The molecule has 90 valence electrons. The normalized spacial score (nSPS) is 14.8. The predicted molar refractivity (Wildman–Crippen MR) is 71.1 cm³/mol. The molecule has 2 atom stereocenters. The highest BCUT2D eigenvalue weighted by Crippen LogP contribution is 2.17. The minimum atomic E-state index is -0.115. The van der Waals surface area contributed by atoms with Crippen molar-refractivity contribution in [3.63, 3.8) is 0 Å². The highest BCUT2D eigenvalue weighted by Gasteiger charge is 2.19. The minimum Gasteiger partial charge on any atom is -0.354 e. The molecule has 0 aliphatic carbocycles. The van der Waals surface area contributed by atoms with Crippen LogP contribution in [-0.4, -0.2) is 22.3 Å². The van der Waals surface area contributed by atoms with Gasteiger partial charge in [0, 0.05) is 24.0 Å². The number of carbonyl (C=O) groups is 1. The highest BCUT2D eigenvalue weighted by atomic mass is 79.9. The number of thiazole rings is 1. The Balaban J connectivity index is 2.37. The van der Waals surface area contributed by atoms with Gasteiger partial charge in [0.15, 0.2) is 0 Å². The molecule has 1 rings (SSSR count). The molecule has 0 spiro atoms. The summed E-state index contributed by atoms with van der Waals surface area (Å²) in [6.45, 7) is 6.74. The summed E-state index contributed by atoms with van der Waals surface area (Å²) in [4.78, 5) is 15.8. The molecule has 1 aromatic rings. The Hall–Kier alpha value is -0.420. The van der Waals surface area contributed by atoms with Gasteiger partial charge in [-0.25, -0.2) is 4.98 Å². The minimum absolute atomic E-state index is 0.0541. The number of hydrogen-bond acceptors (Lipinski definition) is 3. The van der Waals surface area contributed by atoms with E-state index in [0.29, 0.717) is 12.5 Å². The Morgan fingerprint density at radius 2 is 2.25 bits per heavy atom. The maximum atomic E-state index is 11.7.